The molecule has 0 saturated carbocycles. The van der Waals surface area contributed by atoms with E-state index in [1.54, 1.807) is 31.2 Å². The van der Waals surface area contributed by atoms with Gasteiger partial charge in [-0.2, -0.15) is 5.10 Å². The maximum Gasteiger partial charge on any atom is 0.274 e. The van der Waals surface area contributed by atoms with E-state index in [4.69, 9.17) is 11.6 Å². The maximum absolute atomic E-state index is 13.1. The van der Waals surface area contributed by atoms with Gasteiger partial charge in [0.2, 0.25) is 0 Å². The van der Waals surface area contributed by atoms with Gasteiger partial charge in [-0.25, -0.2) is 9.07 Å². The number of hydrogen-bond acceptors (Lipinski definition) is 3. The standard InChI is InChI=1S/C21H20ClFN4O2/c1-3-14-4-8-16(9-5-14)20(28)24-25-21(29)18-13(2)26-27(19(18)22)12-15-6-10-17(23)11-7-15/h4-11H,3,12H2,1-2H3,(H,24,28)(H,25,29). The third-order valence-corrected chi connectivity index (χ3v) is 4.84. The Hall–Kier alpha value is -3.19. The fraction of sp³-hybridized carbons (Fsp3) is 0.190. The van der Waals surface area contributed by atoms with Gasteiger partial charge in [-0.15, -0.1) is 0 Å². The lowest BCUT2D eigenvalue weighted by Gasteiger charge is -2.08. The Bertz CT molecular complexity index is 1030. The zero-order valence-electron chi connectivity index (χ0n) is 16.0. The molecule has 2 amide bonds. The number of carbonyl (C=O) groups excluding carboxylic acids is 2. The lowest BCUT2D eigenvalue weighted by Crippen LogP contribution is -2.41. The second kappa shape index (κ2) is 8.87. The van der Waals surface area contributed by atoms with Crippen molar-refractivity contribution in [3.8, 4) is 0 Å². The Morgan fingerprint density at radius 3 is 2.21 bits per heavy atom. The fourth-order valence-corrected chi connectivity index (χ4v) is 3.14. The summed E-state index contributed by atoms with van der Waals surface area (Å²) in [4.78, 5) is 24.7. The monoisotopic (exact) mass is 414 g/mol. The quantitative estimate of drug-likeness (QED) is 0.625. The number of rotatable bonds is 5. The second-order valence-corrected chi connectivity index (χ2v) is 6.85. The molecule has 3 rings (SSSR count). The van der Waals surface area contributed by atoms with Crippen LogP contribution in [0, 0.1) is 12.7 Å². The molecule has 0 aliphatic heterocycles. The molecule has 29 heavy (non-hydrogen) atoms. The molecule has 0 aliphatic rings. The first-order valence-corrected chi connectivity index (χ1v) is 9.43. The predicted octanol–water partition coefficient (Wildman–Crippen LogP) is 3.67. The van der Waals surface area contributed by atoms with Crippen molar-refractivity contribution < 1.29 is 14.0 Å². The second-order valence-electron chi connectivity index (χ2n) is 6.49. The molecule has 1 heterocycles. The highest BCUT2D eigenvalue weighted by Crippen LogP contribution is 2.21. The highest BCUT2D eigenvalue weighted by molar-refractivity contribution is 6.33. The van der Waals surface area contributed by atoms with E-state index in [1.165, 1.54) is 16.8 Å². The number of hydrazine groups is 1. The van der Waals surface area contributed by atoms with Gasteiger partial charge in [0, 0.05) is 5.56 Å². The summed E-state index contributed by atoms with van der Waals surface area (Å²) in [6, 6.07) is 13.0. The van der Waals surface area contributed by atoms with E-state index in [1.807, 2.05) is 19.1 Å². The predicted molar refractivity (Wildman–Crippen MR) is 108 cm³/mol. The molecule has 2 N–H and O–H groups in total. The highest BCUT2D eigenvalue weighted by atomic mass is 35.5. The summed E-state index contributed by atoms with van der Waals surface area (Å²) in [5, 5.41) is 4.40. The molecule has 0 fully saturated rings. The molecule has 2 aromatic carbocycles. The van der Waals surface area contributed by atoms with Crippen molar-refractivity contribution in [3.05, 3.63) is 87.4 Å². The average Bonchev–Trinajstić information content (AvgIpc) is 3.00. The van der Waals surface area contributed by atoms with Gasteiger partial charge in [-0.1, -0.05) is 42.8 Å². The Morgan fingerprint density at radius 1 is 1.00 bits per heavy atom. The first-order chi connectivity index (χ1) is 13.9. The van der Waals surface area contributed by atoms with Crippen molar-refractivity contribution in [1.82, 2.24) is 20.6 Å². The van der Waals surface area contributed by atoms with Gasteiger partial charge < -0.3 is 0 Å². The van der Waals surface area contributed by atoms with E-state index in [0.717, 1.165) is 17.5 Å². The summed E-state index contributed by atoms with van der Waals surface area (Å²) in [5.41, 5.74) is 7.64. The van der Waals surface area contributed by atoms with Crippen molar-refractivity contribution in [2.75, 3.05) is 0 Å². The molecule has 150 valence electrons. The molecule has 0 unspecified atom stereocenters. The van der Waals surface area contributed by atoms with Crippen LogP contribution in [-0.4, -0.2) is 21.6 Å². The molecule has 1 aromatic heterocycles. The van der Waals surface area contributed by atoms with Gasteiger partial charge in [-0.05, 0) is 48.7 Å². The molecule has 0 bridgehead atoms. The number of hydrogen-bond donors (Lipinski definition) is 2. The van der Waals surface area contributed by atoms with Crippen LogP contribution in [0.4, 0.5) is 4.39 Å². The number of amides is 2. The summed E-state index contributed by atoms with van der Waals surface area (Å²) in [6.45, 7) is 3.95. The molecule has 6 nitrogen and oxygen atoms in total. The maximum atomic E-state index is 13.1. The Balaban J connectivity index is 1.68. The van der Waals surface area contributed by atoms with Crippen LogP contribution in [0.1, 0.15) is 44.5 Å². The molecular formula is C21H20ClFN4O2. The van der Waals surface area contributed by atoms with Gasteiger partial charge in [0.25, 0.3) is 11.8 Å². The van der Waals surface area contributed by atoms with Crippen LogP contribution in [-0.2, 0) is 13.0 Å². The van der Waals surface area contributed by atoms with Crippen LogP contribution in [0.25, 0.3) is 0 Å². The molecule has 0 aliphatic carbocycles. The van der Waals surface area contributed by atoms with Gasteiger partial charge in [0.15, 0.2) is 0 Å². The van der Waals surface area contributed by atoms with E-state index < -0.39 is 11.8 Å². The number of carbonyl (C=O) groups is 2. The number of benzene rings is 2. The molecule has 0 saturated heterocycles. The van der Waals surface area contributed by atoms with Crippen molar-refractivity contribution in [2.45, 2.75) is 26.8 Å². The lowest BCUT2D eigenvalue weighted by atomic mass is 10.1. The Morgan fingerprint density at radius 2 is 1.59 bits per heavy atom. The number of nitrogens with zero attached hydrogens (tertiary/aromatic N) is 2. The minimum absolute atomic E-state index is 0.130. The minimum Gasteiger partial charge on any atom is -0.267 e. The fourth-order valence-electron chi connectivity index (χ4n) is 2.82. The highest BCUT2D eigenvalue weighted by Gasteiger charge is 2.21. The number of nitrogens with one attached hydrogen (secondary N) is 2. The summed E-state index contributed by atoms with van der Waals surface area (Å²) in [6.07, 6.45) is 0.873. The molecule has 8 heteroatoms. The first-order valence-electron chi connectivity index (χ1n) is 9.06. The van der Waals surface area contributed by atoms with E-state index in [-0.39, 0.29) is 23.1 Å². The SMILES string of the molecule is CCc1ccc(C(=O)NNC(=O)c2c(C)nn(Cc3ccc(F)cc3)c2Cl)cc1. The van der Waals surface area contributed by atoms with Crippen LogP contribution in [0.3, 0.4) is 0 Å². The van der Waals surface area contributed by atoms with E-state index in [0.29, 0.717) is 11.3 Å². The number of halogens is 2. The van der Waals surface area contributed by atoms with Crippen LogP contribution >= 0.6 is 11.6 Å². The van der Waals surface area contributed by atoms with Crippen molar-refractivity contribution in [1.29, 1.82) is 0 Å². The normalized spacial score (nSPS) is 10.6. The molecule has 0 spiro atoms. The van der Waals surface area contributed by atoms with Crippen LogP contribution in [0.5, 0.6) is 0 Å². The van der Waals surface area contributed by atoms with Gasteiger partial charge in [0.1, 0.15) is 16.5 Å². The molecule has 0 radical (unpaired) electrons. The van der Waals surface area contributed by atoms with Gasteiger partial charge >= 0.3 is 0 Å². The van der Waals surface area contributed by atoms with Crippen LogP contribution in [0.15, 0.2) is 48.5 Å². The number of aromatic nitrogens is 2. The van der Waals surface area contributed by atoms with Gasteiger partial charge in [0.05, 0.1) is 12.2 Å². The van der Waals surface area contributed by atoms with Crippen molar-refractivity contribution in [3.63, 3.8) is 0 Å². The van der Waals surface area contributed by atoms with Gasteiger partial charge in [-0.3, -0.25) is 20.4 Å². The Kier molecular flexibility index (Phi) is 6.29. The third kappa shape index (κ3) is 4.81. The smallest absolute Gasteiger partial charge is 0.267 e. The average molecular weight is 415 g/mol. The van der Waals surface area contributed by atoms with Crippen molar-refractivity contribution >= 4 is 23.4 Å². The van der Waals surface area contributed by atoms with Crippen molar-refractivity contribution in [2.24, 2.45) is 0 Å². The summed E-state index contributed by atoms with van der Waals surface area (Å²) in [7, 11) is 0. The molecular weight excluding hydrogens is 395 g/mol. The van der Waals surface area contributed by atoms with E-state index in [9.17, 15) is 14.0 Å². The molecule has 3 aromatic rings. The Labute approximate surface area is 172 Å². The zero-order chi connectivity index (χ0) is 21.0. The van der Waals surface area contributed by atoms with Crippen LogP contribution in [0.2, 0.25) is 5.15 Å². The van der Waals surface area contributed by atoms with E-state index >= 15 is 0 Å². The first kappa shape index (κ1) is 20.5. The largest absolute Gasteiger partial charge is 0.274 e. The minimum atomic E-state index is -0.573. The zero-order valence-corrected chi connectivity index (χ0v) is 16.8. The third-order valence-electron chi connectivity index (χ3n) is 4.45. The summed E-state index contributed by atoms with van der Waals surface area (Å²) < 4.78 is 14.5. The summed E-state index contributed by atoms with van der Waals surface area (Å²) >= 11 is 6.32. The lowest BCUT2D eigenvalue weighted by molar-refractivity contribution is 0.0846. The topological polar surface area (TPSA) is 76.0 Å². The number of aryl methyl sites for hydroxylation is 2. The molecule has 0 atom stereocenters. The van der Waals surface area contributed by atoms with E-state index in [2.05, 4.69) is 16.0 Å². The van der Waals surface area contributed by atoms with Crippen LogP contribution < -0.4 is 10.9 Å². The summed E-state index contributed by atoms with van der Waals surface area (Å²) in [5.74, 6) is -1.35.